The Morgan fingerprint density at radius 2 is 2.05 bits per heavy atom. The summed E-state index contributed by atoms with van der Waals surface area (Å²) >= 11 is 0.940. The summed E-state index contributed by atoms with van der Waals surface area (Å²) in [6.07, 6.45) is -2.24. The molecule has 0 bridgehead atoms. The van der Waals surface area contributed by atoms with Gasteiger partial charge in [0.25, 0.3) is 0 Å². The van der Waals surface area contributed by atoms with Gasteiger partial charge in [0.2, 0.25) is 0 Å². The minimum Gasteiger partial charge on any atom is -0.462 e. The Morgan fingerprint density at radius 1 is 1.35 bits per heavy atom. The van der Waals surface area contributed by atoms with E-state index in [9.17, 15) is 19.8 Å². The van der Waals surface area contributed by atoms with E-state index in [0.29, 0.717) is 11.1 Å². The van der Waals surface area contributed by atoms with Gasteiger partial charge >= 0.3 is 5.97 Å². The molecule has 0 amide bonds. The van der Waals surface area contributed by atoms with Crippen molar-refractivity contribution in [1.82, 2.24) is 0 Å². The van der Waals surface area contributed by atoms with E-state index < -0.39 is 18.2 Å². The van der Waals surface area contributed by atoms with Crippen molar-refractivity contribution in [3.05, 3.63) is 35.4 Å². The third-order valence-electron chi connectivity index (χ3n) is 2.56. The van der Waals surface area contributed by atoms with Gasteiger partial charge in [0.15, 0.2) is 5.12 Å². The summed E-state index contributed by atoms with van der Waals surface area (Å²) in [5.41, 5.74) is 0.724. The fourth-order valence-electron chi connectivity index (χ4n) is 1.58. The molecule has 0 heterocycles. The number of hydrogen-bond acceptors (Lipinski definition) is 6. The summed E-state index contributed by atoms with van der Waals surface area (Å²) < 4.78 is 4.87. The Morgan fingerprint density at radius 3 is 2.65 bits per heavy atom. The van der Waals surface area contributed by atoms with E-state index in [0.717, 1.165) is 11.8 Å². The highest BCUT2D eigenvalue weighted by atomic mass is 32.2. The summed E-state index contributed by atoms with van der Waals surface area (Å²) in [4.78, 5) is 22.4. The molecule has 0 spiro atoms. The summed E-state index contributed by atoms with van der Waals surface area (Å²) in [6.45, 7) is 3.37. The number of aliphatic hydroxyl groups is 2. The van der Waals surface area contributed by atoms with Gasteiger partial charge in [-0.25, -0.2) is 4.79 Å². The molecule has 1 aromatic rings. The molecule has 1 rings (SSSR count). The average molecular weight is 298 g/mol. The Labute approximate surface area is 121 Å². The second kappa shape index (κ2) is 8.04. The molecule has 2 N–H and O–H groups in total. The standard InChI is InChI=1S/C14H18O5S/c1-3-19-14(18)11-6-4-5-10(7-11)13(17)12(16)8-20-9(2)15/h4-7,12-13,16-17H,3,8H2,1-2H3. The largest absolute Gasteiger partial charge is 0.462 e. The van der Waals surface area contributed by atoms with Crippen molar-refractivity contribution in [3.8, 4) is 0 Å². The monoisotopic (exact) mass is 298 g/mol. The van der Waals surface area contributed by atoms with Gasteiger partial charge in [0.05, 0.1) is 18.3 Å². The van der Waals surface area contributed by atoms with Crippen LogP contribution < -0.4 is 0 Å². The van der Waals surface area contributed by atoms with Gasteiger partial charge in [-0.2, -0.15) is 0 Å². The molecule has 0 saturated carbocycles. The number of benzene rings is 1. The smallest absolute Gasteiger partial charge is 0.338 e. The van der Waals surface area contributed by atoms with Crippen LogP contribution in [0.1, 0.15) is 35.9 Å². The third kappa shape index (κ3) is 4.96. The molecule has 5 nitrogen and oxygen atoms in total. The van der Waals surface area contributed by atoms with E-state index in [1.54, 1.807) is 25.1 Å². The zero-order chi connectivity index (χ0) is 15.1. The fourth-order valence-corrected chi connectivity index (χ4v) is 2.17. The highest BCUT2D eigenvalue weighted by Crippen LogP contribution is 2.21. The first-order valence-electron chi connectivity index (χ1n) is 6.22. The molecule has 6 heteroatoms. The van der Waals surface area contributed by atoms with E-state index in [4.69, 9.17) is 4.74 Å². The van der Waals surface area contributed by atoms with Crippen molar-refractivity contribution in [2.45, 2.75) is 26.1 Å². The van der Waals surface area contributed by atoms with Gasteiger partial charge in [0.1, 0.15) is 6.10 Å². The Bertz CT molecular complexity index is 474. The van der Waals surface area contributed by atoms with Crippen LogP contribution in [-0.2, 0) is 9.53 Å². The summed E-state index contributed by atoms with van der Waals surface area (Å²) in [5, 5.41) is 19.7. The third-order valence-corrected chi connectivity index (χ3v) is 3.48. The van der Waals surface area contributed by atoms with Gasteiger partial charge in [-0.3, -0.25) is 4.79 Å². The highest BCUT2D eigenvalue weighted by Gasteiger charge is 2.20. The quantitative estimate of drug-likeness (QED) is 0.775. The van der Waals surface area contributed by atoms with E-state index in [-0.39, 0.29) is 17.5 Å². The number of esters is 1. The van der Waals surface area contributed by atoms with E-state index in [1.807, 2.05) is 0 Å². The van der Waals surface area contributed by atoms with Crippen molar-refractivity contribution in [2.75, 3.05) is 12.4 Å². The first-order chi connectivity index (χ1) is 9.45. The molecule has 110 valence electrons. The number of aliphatic hydroxyl groups excluding tert-OH is 2. The molecule has 0 aliphatic carbocycles. The SMILES string of the molecule is CCOC(=O)c1cccc(C(O)C(O)CSC(C)=O)c1. The van der Waals surface area contributed by atoms with Crippen LogP contribution in [-0.4, -0.2) is 39.8 Å². The van der Waals surface area contributed by atoms with Crippen LogP contribution in [0.3, 0.4) is 0 Å². The molecule has 0 aliphatic heterocycles. The molecule has 0 aliphatic rings. The van der Waals surface area contributed by atoms with Gasteiger partial charge in [-0.1, -0.05) is 23.9 Å². The number of carbonyl (C=O) groups is 2. The van der Waals surface area contributed by atoms with E-state index in [1.165, 1.54) is 13.0 Å². The van der Waals surface area contributed by atoms with Crippen LogP contribution in [0.4, 0.5) is 0 Å². The number of carbonyl (C=O) groups excluding carboxylic acids is 2. The predicted molar refractivity (Wildman–Crippen MR) is 76.5 cm³/mol. The predicted octanol–water partition coefficient (Wildman–Crippen LogP) is 1.54. The summed E-state index contributed by atoms with van der Waals surface area (Å²) in [6, 6.07) is 6.26. The Balaban J connectivity index is 2.77. The maximum Gasteiger partial charge on any atom is 0.338 e. The van der Waals surface area contributed by atoms with Crippen LogP contribution in [0.5, 0.6) is 0 Å². The Kier molecular flexibility index (Phi) is 6.70. The lowest BCUT2D eigenvalue weighted by atomic mass is 10.0. The minimum absolute atomic E-state index is 0.0974. The number of thioether (sulfide) groups is 1. The van der Waals surface area contributed by atoms with Crippen molar-refractivity contribution < 1.29 is 24.5 Å². The average Bonchev–Trinajstić information content (AvgIpc) is 2.44. The summed E-state index contributed by atoms with van der Waals surface area (Å²) in [7, 11) is 0. The summed E-state index contributed by atoms with van der Waals surface area (Å²) in [5.74, 6) is -0.380. The first kappa shape index (κ1) is 16.7. The van der Waals surface area contributed by atoms with Gasteiger partial charge in [-0.05, 0) is 24.6 Å². The molecule has 2 atom stereocenters. The van der Waals surface area contributed by atoms with Gasteiger partial charge < -0.3 is 14.9 Å². The van der Waals surface area contributed by atoms with Crippen LogP contribution in [0.25, 0.3) is 0 Å². The number of hydrogen-bond donors (Lipinski definition) is 2. The first-order valence-corrected chi connectivity index (χ1v) is 7.20. The molecule has 0 radical (unpaired) electrons. The zero-order valence-corrected chi connectivity index (χ0v) is 12.2. The van der Waals surface area contributed by atoms with Crippen LogP contribution in [0.2, 0.25) is 0 Å². The van der Waals surface area contributed by atoms with Crippen LogP contribution in [0, 0.1) is 0 Å². The molecule has 0 fully saturated rings. The van der Waals surface area contributed by atoms with Crippen molar-refractivity contribution >= 4 is 22.8 Å². The van der Waals surface area contributed by atoms with Crippen LogP contribution in [0.15, 0.2) is 24.3 Å². The fraction of sp³-hybridized carbons (Fsp3) is 0.429. The van der Waals surface area contributed by atoms with E-state index in [2.05, 4.69) is 0 Å². The van der Waals surface area contributed by atoms with Crippen molar-refractivity contribution in [1.29, 1.82) is 0 Å². The van der Waals surface area contributed by atoms with Crippen molar-refractivity contribution in [3.63, 3.8) is 0 Å². The van der Waals surface area contributed by atoms with Gasteiger partial charge in [0, 0.05) is 12.7 Å². The normalized spacial score (nSPS) is 13.6. The lowest BCUT2D eigenvalue weighted by Gasteiger charge is -2.17. The van der Waals surface area contributed by atoms with E-state index >= 15 is 0 Å². The topological polar surface area (TPSA) is 83.8 Å². The molecular formula is C14H18O5S. The van der Waals surface area contributed by atoms with Gasteiger partial charge in [-0.15, -0.1) is 0 Å². The lowest BCUT2D eigenvalue weighted by Crippen LogP contribution is -2.21. The maximum absolute atomic E-state index is 11.6. The molecule has 0 saturated heterocycles. The molecular weight excluding hydrogens is 280 g/mol. The van der Waals surface area contributed by atoms with Crippen molar-refractivity contribution in [2.24, 2.45) is 0 Å². The second-order valence-electron chi connectivity index (χ2n) is 4.16. The molecule has 2 unspecified atom stereocenters. The van der Waals surface area contributed by atoms with Crippen LogP contribution >= 0.6 is 11.8 Å². The molecule has 1 aromatic carbocycles. The molecule has 0 aromatic heterocycles. The highest BCUT2D eigenvalue weighted by molar-refractivity contribution is 8.13. The zero-order valence-electron chi connectivity index (χ0n) is 11.4. The minimum atomic E-state index is -1.16. The molecule has 20 heavy (non-hydrogen) atoms. The Hall–Kier alpha value is -1.37. The maximum atomic E-state index is 11.6. The lowest BCUT2D eigenvalue weighted by molar-refractivity contribution is -0.109. The number of rotatable bonds is 6. The second-order valence-corrected chi connectivity index (χ2v) is 5.36. The number of ether oxygens (including phenoxy) is 1.